The van der Waals surface area contributed by atoms with Crippen LogP contribution in [0.2, 0.25) is 0 Å². The van der Waals surface area contributed by atoms with Gasteiger partial charge in [0.2, 0.25) is 0 Å². The Morgan fingerprint density at radius 1 is 1.23 bits per heavy atom. The van der Waals surface area contributed by atoms with Gasteiger partial charge in [0.15, 0.2) is 11.5 Å². The third-order valence-electron chi connectivity index (χ3n) is 3.47. The zero-order chi connectivity index (χ0) is 16.5. The smallest absolute Gasteiger partial charge is 0.410 e. The highest BCUT2D eigenvalue weighted by Gasteiger charge is 2.30. The van der Waals surface area contributed by atoms with Crippen molar-refractivity contribution in [2.24, 2.45) is 5.73 Å². The number of methoxy groups -OCH3 is 2. The molecule has 0 fully saturated rings. The predicted octanol–water partition coefficient (Wildman–Crippen LogP) is 2.45. The van der Waals surface area contributed by atoms with Gasteiger partial charge >= 0.3 is 6.09 Å². The maximum Gasteiger partial charge on any atom is 0.410 e. The van der Waals surface area contributed by atoms with Crippen LogP contribution in [0.15, 0.2) is 12.1 Å². The molecule has 1 aliphatic rings. The Morgan fingerprint density at radius 3 is 2.36 bits per heavy atom. The van der Waals surface area contributed by atoms with Gasteiger partial charge in [0.05, 0.1) is 14.2 Å². The van der Waals surface area contributed by atoms with Crippen molar-refractivity contribution in [1.29, 1.82) is 0 Å². The third kappa shape index (κ3) is 3.44. The van der Waals surface area contributed by atoms with Crippen LogP contribution in [0.3, 0.4) is 0 Å². The molecule has 1 amide bonds. The van der Waals surface area contributed by atoms with Crippen molar-refractivity contribution in [2.45, 2.75) is 39.0 Å². The number of hydrogen-bond acceptors (Lipinski definition) is 5. The molecule has 0 spiro atoms. The molecule has 2 rings (SSSR count). The van der Waals surface area contributed by atoms with Crippen LogP contribution in [-0.2, 0) is 11.3 Å². The summed E-state index contributed by atoms with van der Waals surface area (Å²) in [6, 6.07) is 3.46. The fourth-order valence-electron chi connectivity index (χ4n) is 2.49. The maximum absolute atomic E-state index is 12.2. The van der Waals surface area contributed by atoms with E-state index < -0.39 is 5.60 Å². The lowest BCUT2D eigenvalue weighted by molar-refractivity contribution is 0.0206. The van der Waals surface area contributed by atoms with Crippen LogP contribution < -0.4 is 15.2 Å². The van der Waals surface area contributed by atoms with Crippen molar-refractivity contribution in [3.8, 4) is 11.5 Å². The molecule has 22 heavy (non-hydrogen) atoms. The highest BCUT2D eigenvalue weighted by molar-refractivity contribution is 5.69. The van der Waals surface area contributed by atoms with Gasteiger partial charge in [0.25, 0.3) is 0 Å². The Hall–Kier alpha value is -1.95. The fourth-order valence-corrected chi connectivity index (χ4v) is 2.49. The molecule has 1 heterocycles. The third-order valence-corrected chi connectivity index (χ3v) is 3.47. The maximum atomic E-state index is 12.2. The average Bonchev–Trinajstić information content (AvgIpc) is 2.44. The average molecular weight is 308 g/mol. The van der Waals surface area contributed by atoms with Crippen LogP contribution in [-0.4, -0.2) is 37.4 Å². The number of carbonyl (C=O) groups excluding carboxylic acids is 1. The van der Waals surface area contributed by atoms with Crippen LogP contribution in [0, 0.1) is 0 Å². The minimum atomic E-state index is -0.529. The monoisotopic (exact) mass is 308 g/mol. The normalized spacial score (nSPS) is 17.7. The van der Waals surface area contributed by atoms with E-state index in [2.05, 4.69) is 0 Å². The van der Waals surface area contributed by atoms with Crippen LogP contribution in [0.5, 0.6) is 11.5 Å². The second-order valence-electron chi connectivity index (χ2n) is 6.37. The summed E-state index contributed by atoms with van der Waals surface area (Å²) in [7, 11) is 3.17. The van der Waals surface area contributed by atoms with Gasteiger partial charge in [-0.2, -0.15) is 0 Å². The molecule has 6 nitrogen and oxygen atoms in total. The zero-order valence-electron chi connectivity index (χ0n) is 13.8. The fraction of sp³-hybridized carbons (Fsp3) is 0.562. The summed E-state index contributed by atoms with van der Waals surface area (Å²) in [5.41, 5.74) is 7.60. The quantitative estimate of drug-likeness (QED) is 0.908. The van der Waals surface area contributed by atoms with Crippen molar-refractivity contribution in [2.75, 3.05) is 20.8 Å². The number of nitrogens with zero attached hydrogens (tertiary/aromatic N) is 1. The zero-order valence-corrected chi connectivity index (χ0v) is 13.8. The molecule has 0 saturated heterocycles. The van der Waals surface area contributed by atoms with Crippen molar-refractivity contribution >= 4 is 6.09 Å². The van der Waals surface area contributed by atoms with E-state index in [1.807, 2.05) is 32.9 Å². The molecule has 122 valence electrons. The molecule has 0 radical (unpaired) electrons. The van der Waals surface area contributed by atoms with Crippen molar-refractivity contribution in [1.82, 2.24) is 4.90 Å². The first kappa shape index (κ1) is 16.4. The van der Waals surface area contributed by atoms with Gasteiger partial charge in [-0.3, -0.25) is 0 Å². The van der Waals surface area contributed by atoms with Crippen LogP contribution >= 0.6 is 0 Å². The van der Waals surface area contributed by atoms with Crippen molar-refractivity contribution < 1.29 is 19.0 Å². The van der Waals surface area contributed by atoms with Crippen LogP contribution in [0.4, 0.5) is 4.79 Å². The molecule has 0 saturated carbocycles. The Labute approximate surface area is 131 Å². The first-order valence-corrected chi connectivity index (χ1v) is 7.23. The number of hydrogen-bond donors (Lipinski definition) is 1. The molecule has 1 unspecified atom stereocenters. The minimum absolute atomic E-state index is 0.281. The molecule has 0 aliphatic carbocycles. The van der Waals surface area contributed by atoms with E-state index in [0.717, 1.165) is 11.1 Å². The molecule has 0 bridgehead atoms. The van der Waals surface area contributed by atoms with E-state index in [0.29, 0.717) is 24.6 Å². The molecule has 2 N–H and O–H groups in total. The van der Waals surface area contributed by atoms with Crippen LogP contribution in [0.1, 0.15) is 37.9 Å². The van der Waals surface area contributed by atoms with Gasteiger partial charge in [-0.05, 0) is 44.0 Å². The number of rotatable bonds is 2. The van der Waals surface area contributed by atoms with Crippen molar-refractivity contribution in [3.63, 3.8) is 0 Å². The lowest BCUT2D eigenvalue weighted by Crippen LogP contribution is -2.43. The predicted molar refractivity (Wildman–Crippen MR) is 83.1 cm³/mol. The Balaban J connectivity index is 2.27. The number of benzene rings is 1. The molecule has 1 atom stereocenters. The largest absolute Gasteiger partial charge is 0.493 e. The highest BCUT2D eigenvalue weighted by atomic mass is 16.6. The summed E-state index contributed by atoms with van der Waals surface area (Å²) in [6.45, 7) is 6.39. The first-order valence-electron chi connectivity index (χ1n) is 7.23. The number of carbonyl (C=O) groups is 1. The lowest BCUT2D eigenvalue weighted by Gasteiger charge is -2.34. The number of amides is 1. The van der Waals surface area contributed by atoms with E-state index in [-0.39, 0.29) is 12.1 Å². The van der Waals surface area contributed by atoms with Crippen molar-refractivity contribution in [3.05, 3.63) is 23.3 Å². The van der Waals surface area contributed by atoms with E-state index >= 15 is 0 Å². The SMILES string of the molecule is COc1cc2c(cc1OC)C(N)CN(C(=O)OC(C)(C)C)C2. The number of ether oxygens (including phenoxy) is 3. The molecular weight excluding hydrogens is 284 g/mol. The van der Waals surface area contributed by atoms with Crippen LogP contribution in [0.25, 0.3) is 0 Å². The van der Waals surface area contributed by atoms with E-state index in [4.69, 9.17) is 19.9 Å². The van der Waals surface area contributed by atoms with Gasteiger partial charge in [0.1, 0.15) is 5.60 Å². The summed E-state index contributed by atoms with van der Waals surface area (Å²) >= 11 is 0. The lowest BCUT2D eigenvalue weighted by atomic mass is 9.95. The summed E-state index contributed by atoms with van der Waals surface area (Å²) in [5.74, 6) is 1.27. The van der Waals surface area contributed by atoms with E-state index in [1.165, 1.54) is 0 Å². The van der Waals surface area contributed by atoms with Gasteiger partial charge in [-0.25, -0.2) is 4.79 Å². The molecule has 6 heteroatoms. The van der Waals surface area contributed by atoms with Gasteiger partial charge in [-0.15, -0.1) is 0 Å². The second-order valence-corrected chi connectivity index (χ2v) is 6.37. The molecule has 1 aromatic carbocycles. The van der Waals surface area contributed by atoms with Gasteiger partial charge in [0, 0.05) is 19.1 Å². The topological polar surface area (TPSA) is 74.0 Å². The summed E-state index contributed by atoms with van der Waals surface area (Å²) in [4.78, 5) is 13.9. The Morgan fingerprint density at radius 2 is 1.82 bits per heavy atom. The van der Waals surface area contributed by atoms with Gasteiger partial charge < -0.3 is 24.8 Å². The minimum Gasteiger partial charge on any atom is -0.493 e. The summed E-state index contributed by atoms with van der Waals surface area (Å²) < 4.78 is 16.0. The highest BCUT2D eigenvalue weighted by Crippen LogP contribution is 2.36. The van der Waals surface area contributed by atoms with Gasteiger partial charge in [-0.1, -0.05) is 0 Å². The molecule has 1 aliphatic heterocycles. The van der Waals surface area contributed by atoms with E-state index in [9.17, 15) is 4.79 Å². The Bertz CT molecular complexity index is 566. The molecular formula is C16H24N2O4. The molecule has 1 aromatic rings. The first-order chi connectivity index (χ1) is 10.2. The summed E-state index contributed by atoms with van der Waals surface area (Å²) in [5, 5.41) is 0. The second kappa shape index (κ2) is 6.04. The standard InChI is InChI=1S/C16H24N2O4/c1-16(2,3)22-15(19)18-8-10-6-13(20-4)14(21-5)7-11(10)12(17)9-18/h6-7,12H,8-9,17H2,1-5H3. The van der Waals surface area contributed by atoms with E-state index in [1.54, 1.807) is 19.1 Å². The number of nitrogens with two attached hydrogens (primary N) is 1. The Kier molecular flexibility index (Phi) is 4.51. The molecule has 0 aromatic heterocycles. The summed E-state index contributed by atoms with van der Waals surface area (Å²) in [6.07, 6.45) is -0.358. The number of fused-ring (bicyclic) bond motifs is 1.